The molecule has 2 aromatic heterocycles. The molecule has 2 aromatic carbocycles. The minimum Gasteiger partial charge on any atom is -0.260 e. The largest absolute Gasteiger partial charge is 0.260 e. The van der Waals surface area contributed by atoms with E-state index in [1.165, 1.54) is 24.7 Å². The molecule has 5 rings (SSSR count). The Kier molecular flexibility index (Phi) is 6.36. The molecule has 0 radical (unpaired) electrons. The molecule has 0 bridgehead atoms. The lowest BCUT2D eigenvalue weighted by Crippen LogP contribution is -2.11. The van der Waals surface area contributed by atoms with E-state index in [1.54, 1.807) is 31.3 Å². The van der Waals surface area contributed by atoms with Gasteiger partial charge < -0.3 is 0 Å². The Bertz CT molecular complexity index is 1640. The van der Waals surface area contributed by atoms with Crippen LogP contribution in [0, 0.1) is 18.6 Å². The van der Waals surface area contributed by atoms with Gasteiger partial charge in [0.1, 0.15) is 29.3 Å². The molecule has 0 spiro atoms. The van der Waals surface area contributed by atoms with E-state index >= 15 is 4.39 Å². The smallest absolute Gasteiger partial charge is 0.182 e. The number of fused-ring (bicyclic) bond motifs is 1. The van der Waals surface area contributed by atoms with E-state index < -0.39 is 27.2 Å². The summed E-state index contributed by atoms with van der Waals surface area (Å²) in [6, 6.07) is 10.2. The second-order valence-corrected chi connectivity index (χ2v) is 10.7. The van der Waals surface area contributed by atoms with E-state index in [4.69, 9.17) is 11.6 Å². The van der Waals surface area contributed by atoms with Crippen molar-refractivity contribution in [2.24, 2.45) is 4.99 Å². The molecule has 0 N–H and O–H groups in total. The summed E-state index contributed by atoms with van der Waals surface area (Å²) in [6.45, 7) is 1.58. The molecule has 0 fully saturated rings. The average Bonchev–Trinajstić information content (AvgIpc) is 3.35. The quantitative estimate of drug-likeness (QED) is 0.328. The highest BCUT2D eigenvalue weighted by Gasteiger charge is 2.25. The van der Waals surface area contributed by atoms with Crippen molar-refractivity contribution in [3.63, 3.8) is 0 Å². The first kappa shape index (κ1) is 24.1. The van der Waals surface area contributed by atoms with Gasteiger partial charge >= 0.3 is 0 Å². The van der Waals surface area contributed by atoms with E-state index in [1.807, 2.05) is 0 Å². The monoisotopic (exact) mass is 524 g/mol. The summed E-state index contributed by atoms with van der Waals surface area (Å²) >= 11 is 6.08. The van der Waals surface area contributed by atoms with Crippen LogP contribution in [0.25, 0.3) is 11.3 Å². The summed E-state index contributed by atoms with van der Waals surface area (Å²) in [5.74, 6) is -2.37. The molecule has 0 aliphatic carbocycles. The first-order chi connectivity index (χ1) is 17.3. The highest BCUT2D eigenvalue weighted by Crippen LogP contribution is 2.35. The molecular weight excluding hydrogens is 506 g/mol. The lowest BCUT2D eigenvalue weighted by atomic mass is 9.99. The fourth-order valence-electron chi connectivity index (χ4n) is 4.21. The van der Waals surface area contributed by atoms with Crippen LogP contribution in [0.15, 0.2) is 64.9 Å². The van der Waals surface area contributed by atoms with Gasteiger partial charge in [0.15, 0.2) is 9.84 Å². The Balaban J connectivity index is 1.53. The normalized spacial score (nSPS) is 12.7. The van der Waals surface area contributed by atoms with E-state index in [0.29, 0.717) is 39.6 Å². The Hall–Kier alpha value is -3.56. The molecule has 36 heavy (non-hydrogen) atoms. The molecule has 182 valence electrons. The Morgan fingerprint density at radius 1 is 1.03 bits per heavy atom. The zero-order valence-electron chi connectivity index (χ0n) is 19.0. The summed E-state index contributed by atoms with van der Waals surface area (Å²) in [5.41, 5.74) is 2.79. The fourth-order valence-corrected chi connectivity index (χ4v) is 6.09. The predicted octanol–water partition coefficient (Wildman–Crippen LogP) is 5.60. The second-order valence-electron chi connectivity index (χ2n) is 8.33. The van der Waals surface area contributed by atoms with Crippen LogP contribution in [-0.4, -0.2) is 29.6 Å². The zero-order valence-corrected chi connectivity index (χ0v) is 20.6. The van der Waals surface area contributed by atoms with Crippen LogP contribution in [0.5, 0.6) is 0 Å². The van der Waals surface area contributed by atoms with Crippen molar-refractivity contribution in [2.75, 3.05) is 0 Å². The number of aromatic nitrogens is 3. The van der Waals surface area contributed by atoms with Gasteiger partial charge in [-0.2, -0.15) is 0 Å². The molecule has 4 aromatic rings. The molecule has 0 unspecified atom stereocenters. The van der Waals surface area contributed by atoms with Crippen molar-refractivity contribution in [1.82, 2.24) is 15.0 Å². The number of rotatable bonds is 6. The van der Waals surface area contributed by atoms with Gasteiger partial charge in [0.05, 0.1) is 22.0 Å². The van der Waals surface area contributed by atoms with Gasteiger partial charge in [-0.05, 0) is 42.8 Å². The summed E-state index contributed by atoms with van der Waals surface area (Å²) in [4.78, 5) is 17.3. The number of sulfone groups is 1. The van der Waals surface area contributed by atoms with Crippen LogP contribution in [0.1, 0.15) is 28.1 Å². The van der Waals surface area contributed by atoms with Crippen LogP contribution in [0.2, 0.25) is 5.02 Å². The molecule has 6 nitrogen and oxygen atoms in total. The molecule has 0 saturated heterocycles. The highest BCUT2D eigenvalue weighted by atomic mass is 35.5. The number of halogens is 3. The summed E-state index contributed by atoms with van der Waals surface area (Å²) in [6.07, 6.45) is 5.04. The SMILES string of the molecule is Cc1c(Cl)cccc1S(=O)(=O)Cc1ccc(F)c(Cc2ncccc2-c2ncnc3c2N=CC3)c1F. The predicted molar refractivity (Wildman–Crippen MR) is 133 cm³/mol. The van der Waals surface area contributed by atoms with Crippen molar-refractivity contribution in [2.45, 2.75) is 30.4 Å². The fraction of sp³-hybridized carbons (Fsp3) is 0.154. The number of nitrogens with zero attached hydrogens (tertiary/aromatic N) is 4. The highest BCUT2D eigenvalue weighted by molar-refractivity contribution is 7.90. The summed E-state index contributed by atoms with van der Waals surface area (Å²) in [5, 5.41) is 0.291. The van der Waals surface area contributed by atoms with Crippen LogP contribution in [0.4, 0.5) is 14.5 Å². The van der Waals surface area contributed by atoms with Crippen molar-refractivity contribution in [3.05, 3.63) is 99.7 Å². The maximum atomic E-state index is 15.6. The minimum absolute atomic E-state index is 0.00505. The van der Waals surface area contributed by atoms with Gasteiger partial charge in [0, 0.05) is 47.0 Å². The molecule has 1 aliphatic rings. The van der Waals surface area contributed by atoms with Crippen molar-refractivity contribution < 1.29 is 17.2 Å². The Morgan fingerprint density at radius 3 is 2.69 bits per heavy atom. The van der Waals surface area contributed by atoms with E-state index in [0.717, 1.165) is 17.8 Å². The minimum atomic E-state index is -3.94. The first-order valence-corrected chi connectivity index (χ1v) is 13.0. The Labute approximate surface area is 211 Å². The maximum Gasteiger partial charge on any atom is 0.182 e. The van der Waals surface area contributed by atoms with Crippen molar-refractivity contribution in [3.8, 4) is 11.3 Å². The van der Waals surface area contributed by atoms with Gasteiger partial charge in [-0.3, -0.25) is 9.98 Å². The average molecular weight is 525 g/mol. The lowest BCUT2D eigenvalue weighted by Gasteiger charge is -2.14. The van der Waals surface area contributed by atoms with Crippen LogP contribution in [0.3, 0.4) is 0 Å². The number of benzene rings is 2. The molecule has 0 atom stereocenters. The molecule has 1 aliphatic heterocycles. The topological polar surface area (TPSA) is 85.2 Å². The standard InChI is InChI=1S/C26H19ClF2N4O2S/c1-15-19(27)5-2-6-23(15)36(34,35)13-16-7-8-20(28)18(24(16)29)12-22-17(4-3-10-30-22)25-26-21(9-11-31-26)32-14-33-25/h2-8,10-11,14H,9,12-13H2,1H3. The summed E-state index contributed by atoms with van der Waals surface area (Å²) in [7, 11) is -3.94. The van der Waals surface area contributed by atoms with Crippen molar-refractivity contribution >= 4 is 33.3 Å². The van der Waals surface area contributed by atoms with Crippen LogP contribution in [-0.2, 0) is 28.4 Å². The number of pyridine rings is 1. The summed E-state index contributed by atoms with van der Waals surface area (Å²) < 4.78 is 56.6. The molecular formula is C26H19ClF2N4O2S. The third kappa shape index (κ3) is 4.40. The third-order valence-electron chi connectivity index (χ3n) is 6.06. The van der Waals surface area contributed by atoms with Crippen LogP contribution < -0.4 is 0 Å². The molecule has 0 saturated carbocycles. The van der Waals surface area contributed by atoms with Gasteiger partial charge in [-0.1, -0.05) is 23.7 Å². The Morgan fingerprint density at radius 2 is 1.86 bits per heavy atom. The van der Waals surface area contributed by atoms with Gasteiger partial charge in [-0.25, -0.2) is 27.2 Å². The van der Waals surface area contributed by atoms with Crippen molar-refractivity contribution in [1.29, 1.82) is 0 Å². The molecule has 3 heterocycles. The maximum absolute atomic E-state index is 15.6. The lowest BCUT2D eigenvalue weighted by molar-refractivity contribution is 0.550. The van der Waals surface area contributed by atoms with Gasteiger partial charge in [0.2, 0.25) is 0 Å². The van der Waals surface area contributed by atoms with E-state index in [-0.39, 0.29) is 22.4 Å². The van der Waals surface area contributed by atoms with Gasteiger partial charge in [0.25, 0.3) is 0 Å². The zero-order chi connectivity index (χ0) is 25.4. The van der Waals surface area contributed by atoms with Gasteiger partial charge in [-0.15, -0.1) is 0 Å². The second kappa shape index (κ2) is 9.48. The van der Waals surface area contributed by atoms with E-state index in [2.05, 4.69) is 19.9 Å². The van der Waals surface area contributed by atoms with Crippen LogP contribution >= 0.6 is 11.6 Å². The number of hydrogen-bond donors (Lipinski definition) is 0. The third-order valence-corrected chi connectivity index (χ3v) is 8.27. The van der Waals surface area contributed by atoms with E-state index in [9.17, 15) is 12.8 Å². The molecule has 10 heteroatoms. The number of hydrogen-bond acceptors (Lipinski definition) is 6. The number of aliphatic imine (C=N–C) groups is 1. The molecule has 0 amide bonds. The first-order valence-electron chi connectivity index (χ1n) is 11.0.